The maximum Gasteiger partial charge on any atom is 0.266 e. The van der Waals surface area contributed by atoms with E-state index in [1.807, 2.05) is 78.9 Å². The number of benzene rings is 4. The predicted molar refractivity (Wildman–Crippen MR) is 137 cm³/mol. The molecule has 0 saturated carbocycles. The van der Waals surface area contributed by atoms with Crippen molar-refractivity contribution >= 4 is 45.6 Å². The number of amides is 3. The molecule has 7 heteroatoms. The monoisotopic (exact) mass is 477 g/mol. The first kappa shape index (κ1) is 22.0. The van der Waals surface area contributed by atoms with Crippen molar-refractivity contribution in [3.63, 3.8) is 0 Å². The topological polar surface area (TPSA) is 79.0 Å². The van der Waals surface area contributed by atoms with Crippen LogP contribution in [0.3, 0.4) is 0 Å². The van der Waals surface area contributed by atoms with Crippen LogP contribution >= 0.6 is 0 Å². The molecule has 7 nitrogen and oxygen atoms in total. The Bertz CT molecular complexity index is 1480. The second kappa shape index (κ2) is 8.62. The summed E-state index contributed by atoms with van der Waals surface area (Å²) in [6.45, 7) is 1.45. The summed E-state index contributed by atoms with van der Waals surface area (Å²) in [5.41, 5.74) is 2.77. The van der Waals surface area contributed by atoms with Gasteiger partial charge in [0.2, 0.25) is 11.8 Å². The quantitative estimate of drug-likeness (QED) is 0.425. The van der Waals surface area contributed by atoms with Crippen molar-refractivity contribution in [2.24, 2.45) is 5.92 Å². The van der Waals surface area contributed by atoms with Crippen LogP contribution in [0.5, 0.6) is 0 Å². The molecular weight excluding hydrogens is 454 g/mol. The van der Waals surface area contributed by atoms with Gasteiger partial charge in [0.05, 0.1) is 17.4 Å². The van der Waals surface area contributed by atoms with Gasteiger partial charge in [0, 0.05) is 18.0 Å². The highest BCUT2D eigenvalue weighted by atomic mass is 16.7. The fourth-order valence-electron chi connectivity index (χ4n) is 5.16. The molecule has 3 amide bonds. The number of carbonyl (C=O) groups is 3. The molecule has 178 valence electrons. The van der Waals surface area contributed by atoms with E-state index in [1.165, 1.54) is 11.8 Å². The Morgan fingerprint density at radius 3 is 2.25 bits per heavy atom. The third-order valence-corrected chi connectivity index (χ3v) is 6.71. The number of nitrogens with one attached hydrogen (secondary N) is 1. The highest BCUT2D eigenvalue weighted by Crippen LogP contribution is 2.48. The summed E-state index contributed by atoms with van der Waals surface area (Å²) >= 11 is 0. The molecule has 3 atom stereocenters. The van der Waals surface area contributed by atoms with Crippen LogP contribution in [0.2, 0.25) is 0 Å². The van der Waals surface area contributed by atoms with Crippen LogP contribution in [0, 0.1) is 5.92 Å². The Balaban J connectivity index is 1.43. The molecule has 6 rings (SSSR count). The number of nitrogens with zero attached hydrogens (tertiary/aromatic N) is 2. The van der Waals surface area contributed by atoms with E-state index in [4.69, 9.17) is 4.84 Å². The first-order valence-corrected chi connectivity index (χ1v) is 11.8. The molecule has 2 aliphatic heterocycles. The molecule has 0 unspecified atom stereocenters. The standard InChI is InChI=1S/C29H23N3O4/c1-18(33)30-21-16-14-20(15-17-21)26-25-27(36-32(26)22-10-3-2-4-11-22)29(35)31(28(25)34)24-13-7-9-19-8-5-6-12-23(19)24/h2-17,25-27H,1H3,(H,30,33)/t25-,26-,27-/m0/s1. The molecule has 1 N–H and O–H groups in total. The number of hydrogen-bond donors (Lipinski definition) is 1. The molecule has 4 aromatic rings. The van der Waals surface area contributed by atoms with E-state index in [1.54, 1.807) is 23.3 Å². The Morgan fingerprint density at radius 1 is 0.806 bits per heavy atom. The van der Waals surface area contributed by atoms with E-state index < -0.39 is 18.1 Å². The van der Waals surface area contributed by atoms with E-state index in [0.29, 0.717) is 11.4 Å². The van der Waals surface area contributed by atoms with E-state index in [-0.39, 0.29) is 17.7 Å². The molecular formula is C29H23N3O4. The van der Waals surface area contributed by atoms with Gasteiger partial charge in [-0.25, -0.2) is 9.96 Å². The van der Waals surface area contributed by atoms with Crippen LogP contribution in [0.15, 0.2) is 97.1 Å². The van der Waals surface area contributed by atoms with E-state index in [0.717, 1.165) is 22.0 Å². The summed E-state index contributed by atoms with van der Waals surface area (Å²) in [5, 5.41) is 6.21. The molecule has 36 heavy (non-hydrogen) atoms. The normalized spacial score (nSPS) is 21.2. The lowest BCUT2D eigenvalue weighted by Gasteiger charge is -2.29. The van der Waals surface area contributed by atoms with Gasteiger partial charge < -0.3 is 5.32 Å². The molecule has 2 heterocycles. The van der Waals surface area contributed by atoms with E-state index in [9.17, 15) is 14.4 Å². The molecule has 4 aromatic carbocycles. The van der Waals surface area contributed by atoms with Crippen LogP contribution < -0.4 is 15.3 Å². The van der Waals surface area contributed by atoms with Crippen LogP contribution in [0.25, 0.3) is 10.8 Å². The van der Waals surface area contributed by atoms with Crippen molar-refractivity contribution in [3.05, 3.63) is 103 Å². The SMILES string of the molecule is CC(=O)Nc1ccc([C@H]2[C@@H]3C(=O)N(c4cccc5ccccc45)C(=O)[C@H]3ON2c2ccccc2)cc1. The molecule has 2 aliphatic rings. The minimum absolute atomic E-state index is 0.166. The number of carbonyl (C=O) groups excluding carboxylic acids is 3. The molecule has 0 bridgehead atoms. The molecule has 0 aromatic heterocycles. The zero-order valence-corrected chi connectivity index (χ0v) is 19.5. The second-order valence-electron chi connectivity index (χ2n) is 8.97. The van der Waals surface area contributed by atoms with Gasteiger partial charge >= 0.3 is 0 Å². The maximum atomic E-state index is 14.0. The molecule has 2 fully saturated rings. The number of hydrogen-bond acceptors (Lipinski definition) is 5. The van der Waals surface area contributed by atoms with Crippen molar-refractivity contribution in [3.8, 4) is 0 Å². The fraction of sp³-hybridized carbons (Fsp3) is 0.138. The third kappa shape index (κ3) is 3.52. The second-order valence-corrected chi connectivity index (χ2v) is 8.97. The zero-order chi connectivity index (χ0) is 24.8. The Morgan fingerprint density at radius 2 is 1.50 bits per heavy atom. The largest absolute Gasteiger partial charge is 0.326 e. The van der Waals surface area contributed by atoms with Gasteiger partial charge in [-0.3, -0.25) is 19.2 Å². The minimum atomic E-state index is -0.948. The smallest absolute Gasteiger partial charge is 0.266 e. The molecule has 0 aliphatic carbocycles. The molecule has 2 saturated heterocycles. The molecule has 0 spiro atoms. The van der Waals surface area contributed by atoms with E-state index in [2.05, 4.69) is 5.32 Å². The Kier molecular flexibility index (Phi) is 5.27. The number of fused-ring (bicyclic) bond motifs is 2. The lowest BCUT2D eigenvalue weighted by Crippen LogP contribution is -2.37. The molecule has 0 radical (unpaired) electrons. The van der Waals surface area contributed by atoms with Crippen molar-refractivity contribution in [1.82, 2.24) is 0 Å². The number of para-hydroxylation sites is 1. The number of rotatable bonds is 4. The first-order chi connectivity index (χ1) is 17.5. The summed E-state index contributed by atoms with van der Waals surface area (Å²) in [6.07, 6.45) is -0.948. The van der Waals surface area contributed by atoms with Crippen LogP contribution in [0.4, 0.5) is 17.1 Å². The summed E-state index contributed by atoms with van der Waals surface area (Å²) in [7, 11) is 0. The summed E-state index contributed by atoms with van der Waals surface area (Å²) in [6, 6.07) is 29.5. The van der Waals surface area contributed by atoms with Crippen LogP contribution in [-0.2, 0) is 19.2 Å². The number of hydroxylamine groups is 1. The van der Waals surface area contributed by atoms with Gasteiger partial charge in [0.1, 0.15) is 5.92 Å². The Hall–Kier alpha value is -4.49. The predicted octanol–water partition coefficient (Wildman–Crippen LogP) is 4.85. The van der Waals surface area contributed by atoms with Gasteiger partial charge in [0.25, 0.3) is 5.91 Å². The van der Waals surface area contributed by atoms with E-state index >= 15 is 0 Å². The van der Waals surface area contributed by atoms with Crippen LogP contribution in [0.1, 0.15) is 18.5 Å². The summed E-state index contributed by atoms with van der Waals surface area (Å²) in [5.74, 6) is -1.57. The lowest BCUT2D eigenvalue weighted by molar-refractivity contribution is -0.126. The summed E-state index contributed by atoms with van der Waals surface area (Å²) in [4.78, 5) is 46.6. The van der Waals surface area contributed by atoms with Crippen molar-refractivity contribution in [1.29, 1.82) is 0 Å². The maximum absolute atomic E-state index is 14.0. The van der Waals surface area contributed by atoms with Gasteiger partial charge in [-0.15, -0.1) is 0 Å². The number of anilines is 3. The van der Waals surface area contributed by atoms with Crippen molar-refractivity contribution in [2.75, 3.05) is 15.3 Å². The minimum Gasteiger partial charge on any atom is -0.326 e. The fourth-order valence-corrected chi connectivity index (χ4v) is 5.16. The van der Waals surface area contributed by atoms with Gasteiger partial charge in [-0.05, 0) is 41.3 Å². The Labute approximate surface area is 207 Å². The summed E-state index contributed by atoms with van der Waals surface area (Å²) < 4.78 is 0. The van der Waals surface area contributed by atoms with Crippen molar-refractivity contribution < 1.29 is 19.2 Å². The zero-order valence-electron chi connectivity index (χ0n) is 19.5. The highest BCUT2D eigenvalue weighted by molar-refractivity contribution is 6.26. The average molecular weight is 478 g/mol. The third-order valence-electron chi connectivity index (χ3n) is 6.71. The number of imide groups is 1. The average Bonchev–Trinajstić information content (AvgIpc) is 3.40. The highest BCUT2D eigenvalue weighted by Gasteiger charge is 2.60. The lowest BCUT2D eigenvalue weighted by atomic mass is 9.90. The van der Waals surface area contributed by atoms with Crippen LogP contribution in [-0.4, -0.2) is 23.8 Å². The van der Waals surface area contributed by atoms with Gasteiger partial charge in [-0.2, -0.15) is 0 Å². The first-order valence-electron chi connectivity index (χ1n) is 11.8. The van der Waals surface area contributed by atoms with Crippen molar-refractivity contribution in [2.45, 2.75) is 19.1 Å². The van der Waals surface area contributed by atoms with Gasteiger partial charge in [0.15, 0.2) is 6.10 Å². The van der Waals surface area contributed by atoms with Gasteiger partial charge in [-0.1, -0.05) is 66.7 Å².